The minimum absolute atomic E-state index is 0.00795. The largest absolute Gasteiger partial charge is 0.310 e. The lowest BCUT2D eigenvalue weighted by Gasteiger charge is -2.48. The summed E-state index contributed by atoms with van der Waals surface area (Å²) < 4.78 is 0. The van der Waals surface area contributed by atoms with Gasteiger partial charge < -0.3 is 9.80 Å². The molecule has 6 nitrogen and oxygen atoms in total. The molecule has 3 aliphatic heterocycles. The fourth-order valence-corrected chi connectivity index (χ4v) is 4.76. The van der Waals surface area contributed by atoms with Crippen LogP contribution in [0.4, 0.5) is 11.4 Å². The molecule has 0 aliphatic carbocycles. The van der Waals surface area contributed by atoms with Crippen LogP contribution in [0.3, 0.4) is 0 Å². The third kappa shape index (κ3) is 2.24. The lowest BCUT2D eigenvalue weighted by Crippen LogP contribution is -2.64. The van der Waals surface area contributed by atoms with E-state index in [4.69, 9.17) is 0 Å². The molecule has 0 radical (unpaired) electrons. The van der Waals surface area contributed by atoms with Crippen molar-refractivity contribution in [3.8, 4) is 0 Å². The van der Waals surface area contributed by atoms with Gasteiger partial charge >= 0.3 is 0 Å². The number of anilines is 2. The maximum Gasteiger partial charge on any atom is 0.258 e. The molecule has 2 aromatic rings. The van der Waals surface area contributed by atoms with Gasteiger partial charge in [-0.1, -0.05) is 30.3 Å². The molecule has 1 saturated heterocycles. The summed E-state index contributed by atoms with van der Waals surface area (Å²) >= 11 is 0. The van der Waals surface area contributed by atoms with Gasteiger partial charge in [0, 0.05) is 18.7 Å². The van der Waals surface area contributed by atoms with Gasteiger partial charge in [-0.2, -0.15) is 0 Å². The van der Waals surface area contributed by atoms with Crippen molar-refractivity contribution < 1.29 is 14.4 Å². The van der Waals surface area contributed by atoms with Gasteiger partial charge in [0.2, 0.25) is 11.8 Å². The van der Waals surface area contributed by atoms with Crippen LogP contribution < -0.4 is 9.80 Å². The summed E-state index contributed by atoms with van der Waals surface area (Å²) in [5, 5.41) is 0. The van der Waals surface area contributed by atoms with E-state index in [0.29, 0.717) is 30.6 Å². The maximum atomic E-state index is 13.3. The first kappa shape index (κ1) is 17.0. The van der Waals surface area contributed by atoms with Crippen LogP contribution in [0.1, 0.15) is 35.7 Å². The quantitative estimate of drug-likeness (QED) is 0.811. The van der Waals surface area contributed by atoms with Crippen LogP contribution in [0.25, 0.3) is 0 Å². The zero-order chi connectivity index (χ0) is 19.5. The molecule has 142 valence electrons. The highest BCUT2D eigenvalue weighted by Gasteiger charge is 2.53. The molecule has 0 spiro atoms. The summed E-state index contributed by atoms with van der Waals surface area (Å²) in [6, 6.07) is 15.0. The van der Waals surface area contributed by atoms with E-state index in [2.05, 4.69) is 0 Å². The van der Waals surface area contributed by atoms with Gasteiger partial charge in [-0.15, -0.1) is 0 Å². The van der Waals surface area contributed by atoms with Gasteiger partial charge in [-0.05, 0) is 43.5 Å². The molecular formula is C22H21N3O3. The normalized spacial score (nSPS) is 23.0. The van der Waals surface area contributed by atoms with Crippen molar-refractivity contribution in [1.82, 2.24) is 4.90 Å². The summed E-state index contributed by atoms with van der Waals surface area (Å²) in [7, 11) is 0. The number of hydrogen-bond donors (Lipinski definition) is 0. The molecular weight excluding hydrogens is 354 g/mol. The third-order valence-corrected chi connectivity index (χ3v) is 6.23. The van der Waals surface area contributed by atoms with Crippen molar-refractivity contribution in [2.75, 3.05) is 22.9 Å². The monoisotopic (exact) mass is 375 g/mol. The number of carbonyl (C=O) groups is 3. The van der Waals surface area contributed by atoms with Crippen LogP contribution >= 0.6 is 0 Å². The number of para-hydroxylation sites is 2. The molecule has 3 amide bonds. The first-order chi connectivity index (χ1) is 13.5. The van der Waals surface area contributed by atoms with Gasteiger partial charge in [0.15, 0.2) is 0 Å². The fraction of sp³-hybridized carbons (Fsp3) is 0.318. The molecule has 1 unspecified atom stereocenters. The number of amides is 3. The number of hydrogen-bond acceptors (Lipinski definition) is 3. The highest BCUT2D eigenvalue weighted by Crippen LogP contribution is 2.44. The van der Waals surface area contributed by atoms with Gasteiger partial charge in [-0.25, -0.2) is 0 Å². The second-order valence-electron chi connectivity index (χ2n) is 7.78. The Morgan fingerprint density at radius 3 is 2.54 bits per heavy atom. The maximum absolute atomic E-state index is 13.3. The van der Waals surface area contributed by atoms with Crippen molar-refractivity contribution >= 4 is 29.1 Å². The van der Waals surface area contributed by atoms with E-state index in [1.165, 1.54) is 0 Å². The third-order valence-electron chi connectivity index (χ3n) is 6.23. The van der Waals surface area contributed by atoms with Crippen LogP contribution in [-0.4, -0.2) is 41.4 Å². The molecule has 3 aliphatic rings. The van der Waals surface area contributed by atoms with Gasteiger partial charge in [0.05, 0.1) is 11.3 Å². The smallest absolute Gasteiger partial charge is 0.258 e. The number of fused-ring (bicyclic) bond motifs is 4. The number of carbonyl (C=O) groups excluding carboxylic acids is 3. The fourth-order valence-electron chi connectivity index (χ4n) is 4.76. The standard InChI is InChI=1S/C22H21N3O3/c1-22-12-10-19(26)25(22)18-9-5-3-7-16(18)21(28)24(22)14-20(27)23-13-11-15-6-2-4-8-17(15)23/h2-9H,10-14H2,1H3. The van der Waals surface area contributed by atoms with Crippen molar-refractivity contribution in [1.29, 1.82) is 0 Å². The van der Waals surface area contributed by atoms with Crippen molar-refractivity contribution in [2.45, 2.75) is 31.8 Å². The summed E-state index contributed by atoms with van der Waals surface area (Å²) in [4.78, 5) is 44.1. The predicted molar refractivity (Wildman–Crippen MR) is 105 cm³/mol. The molecule has 28 heavy (non-hydrogen) atoms. The second-order valence-corrected chi connectivity index (χ2v) is 7.78. The summed E-state index contributed by atoms with van der Waals surface area (Å²) in [5.74, 6) is -0.311. The van der Waals surface area contributed by atoms with Gasteiger partial charge in [0.1, 0.15) is 12.2 Å². The molecule has 0 aromatic heterocycles. The molecule has 0 saturated carbocycles. The van der Waals surface area contributed by atoms with Crippen LogP contribution in [0.5, 0.6) is 0 Å². The zero-order valence-electron chi connectivity index (χ0n) is 15.7. The van der Waals surface area contributed by atoms with E-state index in [-0.39, 0.29) is 24.3 Å². The topological polar surface area (TPSA) is 60.9 Å². The highest BCUT2D eigenvalue weighted by atomic mass is 16.2. The van der Waals surface area contributed by atoms with Crippen molar-refractivity contribution in [3.63, 3.8) is 0 Å². The Kier molecular flexibility index (Phi) is 3.59. The number of benzene rings is 2. The van der Waals surface area contributed by atoms with Crippen LogP contribution in [0, 0.1) is 0 Å². The average molecular weight is 375 g/mol. The minimum Gasteiger partial charge on any atom is -0.310 e. The molecule has 1 fully saturated rings. The van der Waals surface area contributed by atoms with Gasteiger partial charge in [0.25, 0.3) is 5.91 Å². The molecule has 3 heterocycles. The summed E-state index contributed by atoms with van der Waals surface area (Å²) in [5.41, 5.74) is 2.38. The van der Waals surface area contributed by atoms with E-state index >= 15 is 0 Å². The van der Waals surface area contributed by atoms with Crippen molar-refractivity contribution in [2.24, 2.45) is 0 Å². The van der Waals surface area contributed by atoms with E-state index in [1.807, 2.05) is 43.3 Å². The highest BCUT2D eigenvalue weighted by molar-refractivity contribution is 6.11. The van der Waals surface area contributed by atoms with Crippen LogP contribution in [0.15, 0.2) is 48.5 Å². The predicted octanol–water partition coefficient (Wildman–Crippen LogP) is 2.57. The number of rotatable bonds is 2. The van der Waals surface area contributed by atoms with E-state index in [0.717, 1.165) is 17.7 Å². The molecule has 0 N–H and O–H groups in total. The Morgan fingerprint density at radius 2 is 1.71 bits per heavy atom. The molecule has 2 aromatic carbocycles. The van der Waals surface area contributed by atoms with E-state index in [1.54, 1.807) is 26.8 Å². The lowest BCUT2D eigenvalue weighted by molar-refractivity contribution is -0.121. The van der Waals surface area contributed by atoms with E-state index < -0.39 is 5.66 Å². The Morgan fingerprint density at radius 1 is 1.00 bits per heavy atom. The SMILES string of the molecule is CC12CCC(=O)N1c1ccccc1C(=O)N2CC(=O)N1CCc2ccccc21. The number of nitrogens with zero attached hydrogens (tertiary/aromatic N) is 3. The lowest BCUT2D eigenvalue weighted by atomic mass is 9.98. The molecule has 6 heteroatoms. The van der Waals surface area contributed by atoms with E-state index in [9.17, 15) is 14.4 Å². The average Bonchev–Trinajstić information content (AvgIpc) is 3.27. The molecule has 5 rings (SSSR count). The van der Waals surface area contributed by atoms with Crippen LogP contribution in [-0.2, 0) is 16.0 Å². The Bertz CT molecular complexity index is 1020. The minimum atomic E-state index is -0.808. The Hall–Kier alpha value is -3.15. The van der Waals surface area contributed by atoms with Crippen LogP contribution in [0.2, 0.25) is 0 Å². The van der Waals surface area contributed by atoms with Gasteiger partial charge in [-0.3, -0.25) is 19.3 Å². The summed E-state index contributed by atoms with van der Waals surface area (Å²) in [6.07, 6.45) is 1.71. The first-order valence-electron chi connectivity index (χ1n) is 9.63. The Labute approximate surface area is 163 Å². The second kappa shape index (κ2) is 5.92. The van der Waals surface area contributed by atoms with Crippen molar-refractivity contribution in [3.05, 3.63) is 59.7 Å². The first-order valence-corrected chi connectivity index (χ1v) is 9.63. The zero-order valence-corrected chi connectivity index (χ0v) is 15.7. The molecule has 0 bridgehead atoms. The Balaban J connectivity index is 1.51. The summed E-state index contributed by atoms with van der Waals surface area (Å²) in [6.45, 7) is 2.47. The molecule has 1 atom stereocenters.